The first-order valence-electron chi connectivity index (χ1n) is 7.12. The number of benzene rings is 2. The molecule has 0 amide bonds. The Labute approximate surface area is 151 Å². The summed E-state index contributed by atoms with van der Waals surface area (Å²) < 4.78 is 11.1. The molecule has 0 radical (unpaired) electrons. The first-order valence-corrected chi connectivity index (χ1v) is 8.26. The van der Waals surface area contributed by atoms with Gasteiger partial charge in [-0.1, -0.05) is 34.8 Å². The number of methoxy groups -OCH3 is 1. The third-order valence-corrected chi connectivity index (χ3v) is 4.19. The third-order valence-electron chi connectivity index (χ3n) is 3.10. The van der Waals surface area contributed by atoms with Gasteiger partial charge >= 0.3 is 0 Å². The van der Waals surface area contributed by atoms with Gasteiger partial charge in [0, 0.05) is 23.3 Å². The van der Waals surface area contributed by atoms with Crippen molar-refractivity contribution in [2.45, 2.75) is 26.5 Å². The van der Waals surface area contributed by atoms with Crippen LogP contribution in [0.25, 0.3) is 0 Å². The molecule has 0 aromatic heterocycles. The molecule has 0 aliphatic carbocycles. The summed E-state index contributed by atoms with van der Waals surface area (Å²) in [4.78, 5) is 0. The molecule has 0 aliphatic rings. The monoisotopic (exact) mass is 373 g/mol. The van der Waals surface area contributed by atoms with E-state index in [-0.39, 0.29) is 6.10 Å². The number of nitrogens with one attached hydrogen (secondary N) is 1. The molecule has 124 valence electrons. The van der Waals surface area contributed by atoms with Gasteiger partial charge in [0.25, 0.3) is 0 Å². The van der Waals surface area contributed by atoms with E-state index in [0.717, 1.165) is 11.3 Å². The molecule has 0 atom stereocenters. The Balaban J connectivity index is 2.17. The zero-order chi connectivity index (χ0) is 17.0. The first kappa shape index (κ1) is 18.1. The highest BCUT2D eigenvalue weighted by atomic mass is 35.5. The fraction of sp³-hybridized carbons (Fsp3) is 0.294. The Morgan fingerprint density at radius 2 is 1.70 bits per heavy atom. The van der Waals surface area contributed by atoms with E-state index in [4.69, 9.17) is 44.3 Å². The molecule has 0 aliphatic heterocycles. The molecule has 0 spiro atoms. The van der Waals surface area contributed by atoms with Crippen LogP contribution < -0.4 is 14.8 Å². The average Bonchev–Trinajstić information content (AvgIpc) is 2.49. The molecule has 0 bridgehead atoms. The minimum Gasteiger partial charge on any atom is -0.493 e. The highest BCUT2D eigenvalue weighted by molar-refractivity contribution is 6.42. The van der Waals surface area contributed by atoms with Crippen molar-refractivity contribution in [3.63, 3.8) is 0 Å². The summed E-state index contributed by atoms with van der Waals surface area (Å²) in [6.07, 6.45) is 0.0418. The van der Waals surface area contributed by atoms with E-state index in [1.165, 1.54) is 0 Å². The van der Waals surface area contributed by atoms with Gasteiger partial charge in [0.05, 0.1) is 23.3 Å². The Morgan fingerprint density at radius 1 is 0.957 bits per heavy atom. The van der Waals surface area contributed by atoms with Crippen LogP contribution >= 0.6 is 34.8 Å². The smallest absolute Gasteiger partial charge is 0.163 e. The number of hydrogen-bond donors (Lipinski definition) is 1. The van der Waals surface area contributed by atoms with Crippen LogP contribution in [0, 0.1) is 0 Å². The van der Waals surface area contributed by atoms with Crippen LogP contribution in [0.5, 0.6) is 11.5 Å². The van der Waals surface area contributed by atoms with E-state index >= 15 is 0 Å². The van der Waals surface area contributed by atoms with Crippen molar-refractivity contribution >= 4 is 40.5 Å². The standard InChI is InChI=1S/C17H18Cl3NO2/c1-10(2)23-17-8-14(19)11(6-16(17)22-3)9-21-12-4-5-13(18)15(20)7-12/h4-8,10,21H,9H2,1-3H3. The normalized spacial score (nSPS) is 10.7. The second-order valence-corrected chi connectivity index (χ2v) is 6.47. The fourth-order valence-electron chi connectivity index (χ4n) is 2.02. The number of anilines is 1. The minimum absolute atomic E-state index is 0.0418. The Hall–Kier alpha value is -1.29. The summed E-state index contributed by atoms with van der Waals surface area (Å²) in [6.45, 7) is 4.43. The second kappa shape index (κ2) is 8.00. The first-order chi connectivity index (χ1) is 10.9. The lowest BCUT2D eigenvalue weighted by molar-refractivity contribution is 0.230. The molecule has 2 aromatic carbocycles. The maximum Gasteiger partial charge on any atom is 0.163 e. The van der Waals surface area contributed by atoms with Gasteiger partial charge in [0.2, 0.25) is 0 Å². The molecule has 23 heavy (non-hydrogen) atoms. The van der Waals surface area contributed by atoms with Crippen molar-refractivity contribution in [2.75, 3.05) is 12.4 Å². The zero-order valence-electron chi connectivity index (χ0n) is 13.1. The SMILES string of the molecule is COc1cc(CNc2ccc(Cl)c(Cl)c2)c(Cl)cc1OC(C)C. The predicted octanol–water partition coefficient (Wildman–Crippen LogP) is 6.05. The van der Waals surface area contributed by atoms with Gasteiger partial charge in [0.15, 0.2) is 11.5 Å². The van der Waals surface area contributed by atoms with E-state index in [1.807, 2.05) is 26.0 Å². The summed E-state index contributed by atoms with van der Waals surface area (Å²) in [6, 6.07) is 9.01. The maximum atomic E-state index is 6.34. The summed E-state index contributed by atoms with van der Waals surface area (Å²) in [7, 11) is 1.60. The van der Waals surface area contributed by atoms with Crippen molar-refractivity contribution in [1.29, 1.82) is 0 Å². The van der Waals surface area contributed by atoms with Crippen LogP contribution in [0.3, 0.4) is 0 Å². The number of ether oxygens (including phenoxy) is 2. The number of rotatable bonds is 6. The van der Waals surface area contributed by atoms with E-state index in [9.17, 15) is 0 Å². The Morgan fingerprint density at radius 3 is 2.30 bits per heavy atom. The summed E-state index contributed by atoms with van der Waals surface area (Å²) in [5.41, 5.74) is 1.75. The van der Waals surface area contributed by atoms with Gasteiger partial charge in [-0.3, -0.25) is 0 Å². The fourth-order valence-corrected chi connectivity index (χ4v) is 2.54. The molecular weight excluding hydrogens is 357 g/mol. The lowest BCUT2D eigenvalue weighted by Crippen LogP contribution is -2.08. The second-order valence-electron chi connectivity index (χ2n) is 5.24. The van der Waals surface area contributed by atoms with Gasteiger partial charge in [-0.25, -0.2) is 0 Å². The molecule has 0 heterocycles. The lowest BCUT2D eigenvalue weighted by Gasteiger charge is -2.16. The highest BCUT2D eigenvalue weighted by Gasteiger charge is 2.12. The van der Waals surface area contributed by atoms with Crippen molar-refractivity contribution < 1.29 is 9.47 Å². The van der Waals surface area contributed by atoms with Crippen molar-refractivity contribution in [3.8, 4) is 11.5 Å². The van der Waals surface area contributed by atoms with Crippen LogP contribution in [0.4, 0.5) is 5.69 Å². The van der Waals surface area contributed by atoms with E-state index in [0.29, 0.717) is 33.1 Å². The predicted molar refractivity (Wildman–Crippen MR) is 97.6 cm³/mol. The Kier molecular flexibility index (Phi) is 6.28. The van der Waals surface area contributed by atoms with Crippen LogP contribution in [0.1, 0.15) is 19.4 Å². The zero-order valence-corrected chi connectivity index (χ0v) is 15.4. The molecule has 2 aromatic rings. The van der Waals surface area contributed by atoms with Crippen LogP contribution in [0.2, 0.25) is 15.1 Å². The van der Waals surface area contributed by atoms with Crippen LogP contribution in [-0.2, 0) is 6.54 Å². The van der Waals surface area contributed by atoms with Crippen LogP contribution in [0.15, 0.2) is 30.3 Å². The summed E-state index contributed by atoms with van der Waals surface area (Å²) >= 11 is 18.3. The molecule has 0 unspecified atom stereocenters. The van der Waals surface area contributed by atoms with Gasteiger partial charge in [-0.2, -0.15) is 0 Å². The van der Waals surface area contributed by atoms with Gasteiger partial charge < -0.3 is 14.8 Å². The van der Waals surface area contributed by atoms with Crippen molar-refractivity contribution in [2.24, 2.45) is 0 Å². The van der Waals surface area contributed by atoms with E-state index in [1.54, 1.807) is 25.3 Å². The number of halogens is 3. The van der Waals surface area contributed by atoms with Gasteiger partial charge in [0.1, 0.15) is 0 Å². The minimum atomic E-state index is 0.0418. The topological polar surface area (TPSA) is 30.5 Å². The summed E-state index contributed by atoms with van der Waals surface area (Å²) in [5.74, 6) is 1.28. The van der Waals surface area contributed by atoms with E-state index < -0.39 is 0 Å². The Bertz CT molecular complexity index is 690. The number of hydrogen-bond acceptors (Lipinski definition) is 3. The van der Waals surface area contributed by atoms with E-state index in [2.05, 4.69) is 5.32 Å². The molecule has 0 saturated heterocycles. The molecule has 6 heteroatoms. The molecular formula is C17H18Cl3NO2. The molecule has 3 nitrogen and oxygen atoms in total. The van der Waals surface area contributed by atoms with Gasteiger partial charge in [-0.05, 0) is 43.7 Å². The maximum absolute atomic E-state index is 6.34. The summed E-state index contributed by atoms with van der Waals surface area (Å²) in [5, 5.41) is 4.88. The molecule has 2 rings (SSSR count). The van der Waals surface area contributed by atoms with Crippen molar-refractivity contribution in [1.82, 2.24) is 0 Å². The molecule has 0 fully saturated rings. The van der Waals surface area contributed by atoms with Crippen LogP contribution in [-0.4, -0.2) is 13.2 Å². The lowest BCUT2D eigenvalue weighted by atomic mass is 10.2. The molecule has 0 saturated carbocycles. The average molecular weight is 375 g/mol. The van der Waals surface area contributed by atoms with Gasteiger partial charge in [-0.15, -0.1) is 0 Å². The third kappa shape index (κ3) is 4.84. The highest BCUT2D eigenvalue weighted by Crippen LogP contribution is 2.34. The molecule has 1 N–H and O–H groups in total. The quantitative estimate of drug-likeness (QED) is 0.667. The van der Waals surface area contributed by atoms with Crippen molar-refractivity contribution in [3.05, 3.63) is 51.0 Å². The largest absolute Gasteiger partial charge is 0.493 e.